The van der Waals surface area contributed by atoms with Crippen LogP contribution >= 0.6 is 0 Å². The molecule has 0 fully saturated rings. The van der Waals surface area contributed by atoms with Crippen LogP contribution in [-0.2, 0) is 9.53 Å². The molecule has 0 aliphatic heterocycles. The number of hydrogen-bond acceptors (Lipinski definition) is 5. The Hall–Kier alpha value is -2.57. The molecule has 0 unspecified atom stereocenters. The van der Waals surface area contributed by atoms with E-state index in [0.717, 1.165) is 12.8 Å². The van der Waals surface area contributed by atoms with Crippen molar-refractivity contribution in [3.8, 4) is 5.75 Å². The predicted molar refractivity (Wildman–Crippen MR) is 88.9 cm³/mol. The molecule has 1 aromatic carbocycles. The van der Waals surface area contributed by atoms with Crippen LogP contribution in [0.3, 0.4) is 0 Å². The van der Waals surface area contributed by atoms with E-state index in [9.17, 15) is 14.4 Å². The lowest BCUT2D eigenvalue weighted by Gasteiger charge is -2.13. The van der Waals surface area contributed by atoms with Gasteiger partial charge in [-0.25, -0.2) is 9.59 Å². The average Bonchev–Trinajstić information content (AvgIpc) is 2.55. The molecule has 0 radical (unpaired) electrons. The number of rotatable bonds is 8. The SMILES string of the molecule is CCCCOc1ccc(C(=O)O[C@H](C)C(=O)NC(=O)NCC)cc1. The van der Waals surface area contributed by atoms with Crippen molar-refractivity contribution in [2.45, 2.75) is 39.7 Å². The highest BCUT2D eigenvalue weighted by molar-refractivity contribution is 5.98. The fourth-order valence-corrected chi connectivity index (χ4v) is 1.72. The van der Waals surface area contributed by atoms with Gasteiger partial charge in [-0.3, -0.25) is 10.1 Å². The van der Waals surface area contributed by atoms with Crippen molar-refractivity contribution in [2.75, 3.05) is 13.2 Å². The highest BCUT2D eigenvalue weighted by Crippen LogP contribution is 2.14. The summed E-state index contributed by atoms with van der Waals surface area (Å²) in [6, 6.07) is 5.85. The molecule has 0 saturated carbocycles. The van der Waals surface area contributed by atoms with E-state index in [0.29, 0.717) is 24.5 Å². The Balaban J connectivity index is 2.51. The Morgan fingerprint density at radius 1 is 1.12 bits per heavy atom. The van der Waals surface area contributed by atoms with Crippen LogP contribution in [0.1, 0.15) is 44.0 Å². The van der Waals surface area contributed by atoms with Crippen LogP contribution in [0.15, 0.2) is 24.3 Å². The van der Waals surface area contributed by atoms with E-state index >= 15 is 0 Å². The van der Waals surface area contributed by atoms with Crippen molar-refractivity contribution in [3.05, 3.63) is 29.8 Å². The minimum atomic E-state index is -1.08. The summed E-state index contributed by atoms with van der Waals surface area (Å²) in [6.45, 7) is 6.21. The van der Waals surface area contributed by atoms with Gasteiger partial charge in [-0.05, 0) is 44.5 Å². The molecule has 0 spiro atoms. The lowest BCUT2D eigenvalue weighted by atomic mass is 10.2. The number of hydrogen-bond donors (Lipinski definition) is 2. The molecule has 0 heterocycles. The van der Waals surface area contributed by atoms with E-state index in [2.05, 4.69) is 17.6 Å². The van der Waals surface area contributed by atoms with Crippen LogP contribution in [0.4, 0.5) is 4.79 Å². The molecule has 7 nitrogen and oxygen atoms in total. The molecule has 1 aromatic rings. The Labute approximate surface area is 141 Å². The Bertz CT molecular complexity index is 557. The van der Waals surface area contributed by atoms with Crippen LogP contribution in [0.2, 0.25) is 0 Å². The number of nitrogens with one attached hydrogen (secondary N) is 2. The predicted octanol–water partition coefficient (Wildman–Crippen LogP) is 2.26. The highest BCUT2D eigenvalue weighted by Gasteiger charge is 2.20. The number of esters is 1. The Kier molecular flexibility index (Phi) is 8.32. The van der Waals surface area contributed by atoms with Gasteiger partial charge in [0.15, 0.2) is 6.10 Å². The molecule has 7 heteroatoms. The number of imide groups is 1. The smallest absolute Gasteiger partial charge is 0.338 e. The van der Waals surface area contributed by atoms with Crippen LogP contribution < -0.4 is 15.4 Å². The first-order chi connectivity index (χ1) is 11.5. The molecular formula is C17H24N2O5. The van der Waals surface area contributed by atoms with E-state index in [-0.39, 0.29) is 0 Å². The molecular weight excluding hydrogens is 312 g/mol. The van der Waals surface area contributed by atoms with Gasteiger partial charge in [-0.15, -0.1) is 0 Å². The summed E-state index contributed by atoms with van der Waals surface area (Å²) in [6.07, 6.45) is 0.920. The molecule has 0 bridgehead atoms. The van der Waals surface area contributed by atoms with Crippen LogP contribution in [0.5, 0.6) is 5.75 Å². The van der Waals surface area contributed by atoms with E-state index < -0.39 is 24.0 Å². The maximum atomic E-state index is 12.0. The molecule has 2 N–H and O–H groups in total. The van der Waals surface area contributed by atoms with Gasteiger partial charge in [-0.2, -0.15) is 0 Å². The topological polar surface area (TPSA) is 93.7 Å². The molecule has 0 aliphatic carbocycles. The summed E-state index contributed by atoms with van der Waals surface area (Å²) in [4.78, 5) is 35.0. The number of unbranched alkanes of at least 4 members (excludes halogenated alkanes) is 1. The van der Waals surface area contributed by atoms with Gasteiger partial charge in [0.25, 0.3) is 5.91 Å². The average molecular weight is 336 g/mol. The molecule has 24 heavy (non-hydrogen) atoms. The van der Waals surface area contributed by atoms with E-state index in [4.69, 9.17) is 9.47 Å². The first-order valence-corrected chi connectivity index (χ1v) is 8.00. The number of urea groups is 1. The third-order valence-corrected chi connectivity index (χ3v) is 3.08. The second kappa shape index (κ2) is 10.3. The van der Waals surface area contributed by atoms with E-state index in [1.165, 1.54) is 6.92 Å². The van der Waals surface area contributed by atoms with Gasteiger partial charge in [0.2, 0.25) is 0 Å². The number of benzene rings is 1. The number of amides is 3. The van der Waals surface area contributed by atoms with Gasteiger partial charge in [0, 0.05) is 6.54 Å². The molecule has 0 aromatic heterocycles. The summed E-state index contributed by atoms with van der Waals surface area (Å²) in [5.74, 6) is -0.662. The standard InChI is InChI=1S/C17H24N2O5/c1-4-6-11-23-14-9-7-13(8-10-14)16(21)24-12(3)15(20)19-17(22)18-5-2/h7-10,12H,4-6,11H2,1-3H3,(H2,18,19,20,22)/t12-/m1/s1. The Morgan fingerprint density at radius 2 is 1.79 bits per heavy atom. The third kappa shape index (κ3) is 6.68. The first kappa shape index (κ1) is 19.5. The Morgan fingerprint density at radius 3 is 2.38 bits per heavy atom. The molecule has 3 amide bonds. The van der Waals surface area contributed by atoms with E-state index in [1.54, 1.807) is 31.2 Å². The zero-order valence-electron chi connectivity index (χ0n) is 14.3. The monoisotopic (exact) mass is 336 g/mol. The van der Waals surface area contributed by atoms with Crippen LogP contribution in [-0.4, -0.2) is 37.2 Å². The van der Waals surface area contributed by atoms with Gasteiger partial charge in [0.1, 0.15) is 5.75 Å². The molecule has 1 rings (SSSR count). The van der Waals surface area contributed by atoms with Gasteiger partial charge < -0.3 is 14.8 Å². The van der Waals surface area contributed by atoms with E-state index in [1.807, 2.05) is 0 Å². The normalized spacial score (nSPS) is 11.3. The highest BCUT2D eigenvalue weighted by atomic mass is 16.5. The van der Waals surface area contributed by atoms with Crippen molar-refractivity contribution >= 4 is 17.9 Å². The van der Waals surface area contributed by atoms with Crippen molar-refractivity contribution in [1.82, 2.24) is 10.6 Å². The minimum absolute atomic E-state index is 0.301. The molecule has 132 valence electrons. The van der Waals surface area contributed by atoms with Crippen LogP contribution in [0, 0.1) is 0 Å². The number of carbonyl (C=O) groups excluding carboxylic acids is 3. The molecule has 1 atom stereocenters. The molecule has 0 aliphatic rings. The largest absolute Gasteiger partial charge is 0.494 e. The summed E-state index contributed by atoms with van der Waals surface area (Å²) in [5.41, 5.74) is 0.301. The zero-order valence-corrected chi connectivity index (χ0v) is 14.3. The number of ether oxygens (including phenoxy) is 2. The zero-order chi connectivity index (χ0) is 17.9. The summed E-state index contributed by atoms with van der Waals surface area (Å²) in [5, 5.41) is 4.51. The first-order valence-electron chi connectivity index (χ1n) is 8.00. The summed E-state index contributed by atoms with van der Waals surface area (Å²) >= 11 is 0. The van der Waals surface area contributed by atoms with Crippen molar-refractivity contribution in [3.63, 3.8) is 0 Å². The summed E-state index contributed by atoms with van der Waals surface area (Å²) in [7, 11) is 0. The fourth-order valence-electron chi connectivity index (χ4n) is 1.72. The summed E-state index contributed by atoms with van der Waals surface area (Å²) < 4.78 is 10.6. The lowest BCUT2D eigenvalue weighted by Crippen LogP contribution is -2.44. The maximum Gasteiger partial charge on any atom is 0.338 e. The second-order valence-corrected chi connectivity index (χ2v) is 5.12. The van der Waals surface area contributed by atoms with Crippen molar-refractivity contribution < 1.29 is 23.9 Å². The minimum Gasteiger partial charge on any atom is -0.494 e. The van der Waals surface area contributed by atoms with Gasteiger partial charge >= 0.3 is 12.0 Å². The molecule has 0 saturated heterocycles. The maximum absolute atomic E-state index is 12.0. The van der Waals surface area contributed by atoms with Crippen molar-refractivity contribution in [1.29, 1.82) is 0 Å². The number of carbonyl (C=O) groups is 3. The van der Waals surface area contributed by atoms with Gasteiger partial charge in [0.05, 0.1) is 12.2 Å². The third-order valence-electron chi connectivity index (χ3n) is 3.08. The van der Waals surface area contributed by atoms with Crippen molar-refractivity contribution in [2.24, 2.45) is 0 Å². The van der Waals surface area contributed by atoms with Gasteiger partial charge in [-0.1, -0.05) is 13.3 Å². The second-order valence-electron chi connectivity index (χ2n) is 5.12. The quantitative estimate of drug-likeness (QED) is 0.561. The fraction of sp³-hybridized carbons (Fsp3) is 0.471. The lowest BCUT2D eigenvalue weighted by molar-refractivity contribution is -0.127. The van der Waals surface area contributed by atoms with Crippen LogP contribution in [0.25, 0.3) is 0 Å².